The van der Waals surface area contributed by atoms with Crippen molar-refractivity contribution in [2.45, 2.75) is 11.8 Å². The first-order valence-corrected chi connectivity index (χ1v) is 9.60. The Morgan fingerprint density at radius 1 is 1.12 bits per heavy atom. The summed E-state index contributed by atoms with van der Waals surface area (Å²) >= 11 is 0. The van der Waals surface area contributed by atoms with E-state index >= 15 is 0 Å². The highest BCUT2D eigenvalue weighted by molar-refractivity contribution is 7.89. The molecule has 0 atom stereocenters. The third kappa shape index (κ3) is 3.95. The van der Waals surface area contributed by atoms with Gasteiger partial charge in [0, 0.05) is 18.1 Å². The SMILES string of the molecule is COc1ccc(S(=O)(=O)NCCOc2cccc3cccnc23)c(C)c1. The first-order valence-electron chi connectivity index (χ1n) is 8.12. The summed E-state index contributed by atoms with van der Waals surface area (Å²) in [5.74, 6) is 1.25. The van der Waals surface area contributed by atoms with Gasteiger partial charge < -0.3 is 9.47 Å². The van der Waals surface area contributed by atoms with E-state index < -0.39 is 10.0 Å². The number of nitrogens with zero attached hydrogens (tertiary/aromatic N) is 1. The van der Waals surface area contributed by atoms with Crippen molar-refractivity contribution in [1.82, 2.24) is 9.71 Å². The summed E-state index contributed by atoms with van der Waals surface area (Å²) in [5, 5.41) is 0.972. The van der Waals surface area contributed by atoms with Gasteiger partial charge in [-0.3, -0.25) is 4.98 Å². The van der Waals surface area contributed by atoms with E-state index in [9.17, 15) is 8.42 Å². The molecular weight excluding hydrogens is 352 g/mol. The number of hydrogen-bond acceptors (Lipinski definition) is 5. The minimum atomic E-state index is -3.61. The smallest absolute Gasteiger partial charge is 0.240 e. The van der Waals surface area contributed by atoms with E-state index in [2.05, 4.69) is 9.71 Å². The molecule has 0 fully saturated rings. The monoisotopic (exact) mass is 372 g/mol. The molecule has 0 unspecified atom stereocenters. The molecule has 1 aromatic heterocycles. The maximum Gasteiger partial charge on any atom is 0.240 e. The highest BCUT2D eigenvalue weighted by Gasteiger charge is 2.16. The highest BCUT2D eigenvalue weighted by atomic mass is 32.2. The molecule has 7 heteroatoms. The van der Waals surface area contributed by atoms with Gasteiger partial charge in [0.05, 0.1) is 12.0 Å². The minimum absolute atomic E-state index is 0.150. The Bertz CT molecular complexity index is 1010. The van der Waals surface area contributed by atoms with E-state index in [1.807, 2.05) is 30.3 Å². The van der Waals surface area contributed by atoms with Gasteiger partial charge in [0.2, 0.25) is 10.0 Å². The van der Waals surface area contributed by atoms with Crippen LogP contribution in [0.4, 0.5) is 0 Å². The standard InChI is InChI=1S/C19H20N2O4S/c1-14-13-16(24-2)8-9-18(14)26(22,23)21-11-12-25-17-7-3-5-15-6-4-10-20-19(15)17/h3-10,13,21H,11-12H2,1-2H3. The molecule has 0 aliphatic rings. The van der Waals surface area contributed by atoms with Crippen LogP contribution in [0.3, 0.4) is 0 Å². The second-order valence-corrected chi connectivity index (χ2v) is 7.44. The molecule has 1 N–H and O–H groups in total. The fraction of sp³-hybridized carbons (Fsp3) is 0.211. The Morgan fingerprint density at radius 3 is 2.69 bits per heavy atom. The summed E-state index contributed by atoms with van der Waals surface area (Å²) in [6, 6.07) is 14.3. The number of ether oxygens (including phenoxy) is 2. The molecule has 3 aromatic rings. The maximum atomic E-state index is 12.5. The van der Waals surface area contributed by atoms with Gasteiger partial charge in [-0.1, -0.05) is 18.2 Å². The van der Waals surface area contributed by atoms with Gasteiger partial charge in [0.1, 0.15) is 23.6 Å². The molecule has 0 spiro atoms. The van der Waals surface area contributed by atoms with Gasteiger partial charge in [-0.25, -0.2) is 13.1 Å². The van der Waals surface area contributed by atoms with Gasteiger partial charge in [0.15, 0.2) is 0 Å². The Hall–Kier alpha value is -2.64. The molecule has 0 bridgehead atoms. The van der Waals surface area contributed by atoms with Crippen molar-refractivity contribution >= 4 is 20.9 Å². The number of pyridine rings is 1. The molecular formula is C19H20N2O4S. The number of hydrogen-bond donors (Lipinski definition) is 1. The fourth-order valence-corrected chi connectivity index (χ4v) is 3.90. The number of fused-ring (bicyclic) bond motifs is 1. The van der Waals surface area contributed by atoms with Crippen LogP contribution in [0.15, 0.2) is 59.6 Å². The lowest BCUT2D eigenvalue weighted by Gasteiger charge is -2.12. The topological polar surface area (TPSA) is 77.5 Å². The van der Waals surface area contributed by atoms with E-state index in [0.29, 0.717) is 17.1 Å². The summed E-state index contributed by atoms with van der Waals surface area (Å²) in [6.07, 6.45) is 1.70. The lowest BCUT2D eigenvalue weighted by Crippen LogP contribution is -2.28. The van der Waals surface area contributed by atoms with Gasteiger partial charge in [0.25, 0.3) is 0 Å². The average Bonchev–Trinajstić information content (AvgIpc) is 2.65. The van der Waals surface area contributed by atoms with Crippen LogP contribution in [0.5, 0.6) is 11.5 Å². The molecule has 1 heterocycles. The molecule has 0 saturated heterocycles. The number of methoxy groups -OCH3 is 1. The molecule has 0 aliphatic heterocycles. The number of aryl methyl sites for hydroxylation is 1. The molecule has 0 amide bonds. The third-order valence-corrected chi connectivity index (χ3v) is 5.54. The van der Waals surface area contributed by atoms with E-state index in [-0.39, 0.29) is 18.0 Å². The van der Waals surface area contributed by atoms with Crippen molar-refractivity contribution in [3.05, 3.63) is 60.3 Å². The zero-order valence-electron chi connectivity index (χ0n) is 14.6. The number of nitrogens with one attached hydrogen (secondary N) is 1. The molecule has 2 aromatic carbocycles. The van der Waals surface area contributed by atoms with E-state index in [4.69, 9.17) is 9.47 Å². The second kappa shape index (κ2) is 7.72. The van der Waals surface area contributed by atoms with Crippen LogP contribution in [-0.4, -0.2) is 33.7 Å². The van der Waals surface area contributed by atoms with Crippen molar-refractivity contribution in [2.75, 3.05) is 20.3 Å². The van der Waals surface area contributed by atoms with Crippen LogP contribution in [0.2, 0.25) is 0 Å². The summed E-state index contributed by atoms with van der Waals surface area (Å²) < 4.78 is 38.3. The van der Waals surface area contributed by atoms with Gasteiger partial charge in [-0.05, 0) is 42.8 Å². The van der Waals surface area contributed by atoms with E-state index in [1.54, 1.807) is 32.4 Å². The molecule has 0 radical (unpaired) electrons. The van der Waals surface area contributed by atoms with Crippen LogP contribution < -0.4 is 14.2 Å². The molecule has 3 rings (SSSR count). The fourth-order valence-electron chi connectivity index (χ4n) is 2.66. The van der Waals surface area contributed by atoms with Gasteiger partial charge >= 0.3 is 0 Å². The number of sulfonamides is 1. The molecule has 0 saturated carbocycles. The first-order chi connectivity index (χ1) is 12.5. The lowest BCUT2D eigenvalue weighted by molar-refractivity contribution is 0.326. The number of aromatic nitrogens is 1. The van der Waals surface area contributed by atoms with Crippen molar-refractivity contribution in [1.29, 1.82) is 0 Å². The Labute approximate surface area is 152 Å². The zero-order chi connectivity index (χ0) is 18.6. The Balaban J connectivity index is 1.64. The number of benzene rings is 2. The highest BCUT2D eigenvalue weighted by Crippen LogP contribution is 2.23. The van der Waals surface area contributed by atoms with E-state index in [1.165, 1.54) is 6.07 Å². The summed E-state index contributed by atoms with van der Waals surface area (Å²) in [7, 11) is -2.07. The van der Waals surface area contributed by atoms with Crippen molar-refractivity contribution < 1.29 is 17.9 Å². The zero-order valence-corrected chi connectivity index (χ0v) is 15.4. The predicted octanol–water partition coefficient (Wildman–Crippen LogP) is 2.91. The Morgan fingerprint density at radius 2 is 1.92 bits per heavy atom. The van der Waals surface area contributed by atoms with Gasteiger partial charge in [-0.15, -0.1) is 0 Å². The third-order valence-electron chi connectivity index (χ3n) is 3.92. The Kier molecular flexibility index (Phi) is 5.39. The number of rotatable bonds is 7. The average molecular weight is 372 g/mol. The van der Waals surface area contributed by atoms with Crippen LogP contribution >= 0.6 is 0 Å². The minimum Gasteiger partial charge on any atom is -0.497 e. The largest absolute Gasteiger partial charge is 0.497 e. The second-order valence-electron chi connectivity index (χ2n) is 5.71. The van der Waals surface area contributed by atoms with Crippen molar-refractivity contribution in [3.63, 3.8) is 0 Å². The van der Waals surface area contributed by atoms with Crippen LogP contribution in [0.25, 0.3) is 10.9 Å². The number of para-hydroxylation sites is 1. The van der Waals surface area contributed by atoms with Crippen molar-refractivity contribution in [3.8, 4) is 11.5 Å². The molecule has 136 valence electrons. The summed E-state index contributed by atoms with van der Waals surface area (Å²) in [4.78, 5) is 4.54. The maximum absolute atomic E-state index is 12.5. The summed E-state index contributed by atoms with van der Waals surface area (Å²) in [5.41, 5.74) is 1.37. The van der Waals surface area contributed by atoms with Crippen LogP contribution in [-0.2, 0) is 10.0 Å². The molecule has 26 heavy (non-hydrogen) atoms. The summed E-state index contributed by atoms with van der Waals surface area (Å²) in [6.45, 7) is 2.08. The molecule has 0 aliphatic carbocycles. The van der Waals surface area contributed by atoms with Gasteiger partial charge in [-0.2, -0.15) is 0 Å². The molecule has 6 nitrogen and oxygen atoms in total. The lowest BCUT2D eigenvalue weighted by atomic mass is 10.2. The normalized spacial score (nSPS) is 11.5. The van der Waals surface area contributed by atoms with E-state index in [0.717, 1.165) is 10.9 Å². The van der Waals surface area contributed by atoms with Crippen LogP contribution in [0.1, 0.15) is 5.56 Å². The first kappa shape index (κ1) is 18.2. The quantitative estimate of drug-likeness (QED) is 0.645. The van der Waals surface area contributed by atoms with Crippen LogP contribution in [0, 0.1) is 6.92 Å². The van der Waals surface area contributed by atoms with Crippen molar-refractivity contribution in [2.24, 2.45) is 0 Å². The predicted molar refractivity (Wildman–Crippen MR) is 100 cm³/mol.